The predicted molar refractivity (Wildman–Crippen MR) is 95.3 cm³/mol. The number of fused-ring (bicyclic) bond motifs is 2. The Morgan fingerprint density at radius 1 is 1.50 bits per heavy atom. The summed E-state index contributed by atoms with van der Waals surface area (Å²) >= 11 is 0. The molecule has 0 aliphatic carbocycles. The third-order valence-electron chi connectivity index (χ3n) is 3.81. The molecule has 0 unspecified atom stereocenters. The van der Waals surface area contributed by atoms with E-state index in [1.54, 1.807) is 17.7 Å². The van der Waals surface area contributed by atoms with Gasteiger partial charge < -0.3 is 4.74 Å². The average Bonchev–Trinajstić information content (AvgIpc) is 2.62. The fraction of sp³-hybridized carbons (Fsp3) is 0.316. The van der Waals surface area contributed by atoms with Gasteiger partial charge >= 0.3 is 0 Å². The number of nitrogens with zero attached hydrogens (tertiary/aromatic N) is 3. The molecule has 2 heterocycles. The van der Waals surface area contributed by atoms with Crippen molar-refractivity contribution in [3.05, 3.63) is 52.1 Å². The highest BCUT2D eigenvalue weighted by Crippen LogP contribution is 2.13. The summed E-state index contributed by atoms with van der Waals surface area (Å²) in [5, 5.41) is 0.612. The van der Waals surface area contributed by atoms with E-state index in [1.807, 2.05) is 24.3 Å². The van der Waals surface area contributed by atoms with Crippen molar-refractivity contribution in [3.8, 4) is 11.8 Å². The number of aliphatic imine (C=N–C) groups is 1. The van der Waals surface area contributed by atoms with Gasteiger partial charge in [0.1, 0.15) is 18.1 Å². The van der Waals surface area contributed by atoms with Gasteiger partial charge in [-0.2, -0.15) is 0 Å². The van der Waals surface area contributed by atoms with Crippen LogP contribution >= 0.6 is 0 Å². The molecule has 0 bridgehead atoms. The van der Waals surface area contributed by atoms with Gasteiger partial charge in [-0.15, -0.1) is 0 Å². The molecule has 0 N–H and O–H groups in total. The molecule has 0 spiro atoms. The fourth-order valence-electron chi connectivity index (χ4n) is 2.54. The number of rotatable bonds is 2. The highest BCUT2D eigenvalue weighted by molar-refractivity contribution is 6.09. The van der Waals surface area contributed by atoms with E-state index >= 15 is 0 Å². The lowest BCUT2D eigenvalue weighted by atomic mass is 10.1. The number of benzene rings is 1. The van der Waals surface area contributed by atoms with Crippen LogP contribution in [-0.4, -0.2) is 28.9 Å². The number of allylic oxidation sites excluding steroid dienone is 2. The summed E-state index contributed by atoms with van der Waals surface area (Å²) in [6.45, 7) is 3.54. The van der Waals surface area contributed by atoms with E-state index in [2.05, 4.69) is 28.7 Å². The normalized spacial score (nSPS) is 14.5. The Bertz CT molecular complexity index is 943. The van der Waals surface area contributed by atoms with Gasteiger partial charge in [0.25, 0.3) is 5.56 Å². The van der Waals surface area contributed by atoms with Gasteiger partial charge in [-0.3, -0.25) is 14.4 Å². The molecule has 1 aromatic carbocycles. The number of hydrogen-bond donors (Lipinski definition) is 0. The molecular formula is C19H19N3O2. The van der Waals surface area contributed by atoms with E-state index < -0.39 is 0 Å². The monoisotopic (exact) mass is 321 g/mol. The van der Waals surface area contributed by atoms with E-state index in [-0.39, 0.29) is 5.56 Å². The van der Waals surface area contributed by atoms with Gasteiger partial charge in [0, 0.05) is 12.6 Å². The first-order valence-electron chi connectivity index (χ1n) is 7.99. The maximum Gasteiger partial charge on any atom is 0.261 e. The van der Waals surface area contributed by atoms with Crippen molar-refractivity contribution >= 4 is 16.6 Å². The molecule has 5 nitrogen and oxygen atoms in total. The smallest absolute Gasteiger partial charge is 0.261 e. The number of hydrogen-bond acceptors (Lipinski definition) is 4. The molecule has 122 valence electrons. The molecule has 0 saturated heterocycles. The Morgan fingerprint density at radius 3 is 3.17 bits per heavy atom. The Hall–Kier alpha value is -2.71. The molecule has 0 fully saturated rings. The summed E-state index contributed by atoms with van der Waals surface area (Å²) in [5.41, 5.74) is 2.17. The zero-order valence-corrected chi connectivity index (χ0v) is 13.9. The quantitative estimate of drug-likeness (QED) is 0.630. The van der Waals surface area contributed by atoms with Crippen molar-refractivity contribution in [2.75, 3.05) is 13.7 Å². The number of ether oxygens (including phenoxy) is 1. The van der Waals surface area contributed by atoms with Crippen LogP contribution in [0, 0.1) is 11.8 Å². The lowest BCUT2D eigenvalue weighted by Crippen LogP contribution is -2.31. The molecule has 1 aliphatic rings. The van der Waals surface area contributed by atoms with Crippen LogP contribution < -0.4 is 5.56 Å². The van der Waals surface area contributed by atoms with Crippen LogP contribution in [0.15, 0.2) is 40.1 Å². The minimum atomic E-state index is -0.0144. The first-order chi connectivity index (χ1) is 11.7. The van der Waals surface area contributed by atoms with Crippen molar-refractivity contribution in [3.63, 3.8) is 0 Å². The molecule has 5 heteroatoms. The van der Waals surface area contributed by atoms with Crippen LogP contribution in [0.4, 0.5) is 0 Å². The van der Waals surface area contributed by atoms with Crippen LogP contribution in [0.5, 0.6) is 0 Å². The number of aromatic nitrogens is 2. The van der Waals surface area contributed by atoms with E-state index in [9.17, 15) is 4.79 Å². The molecule has 1 aromatic heterocycles. The van der Waals surface area contributed by atoms with Crippen molar-refractivity contribution in [1.29, 1.82) is 0 Å². The van der Waals surface area contributed by atoms with Gasteiger partial charge in [0.15, 0.2) is 0 Å². The van der Waals surface area contributed by atoms with E-state index in [0.717, 1.165) is 17.7 Å². The third-order valence-corrected chi connectivity index (χ3v) is 3.81. The molecule has 0 saturated carbocycles. The van der Waals surface area contributed by atoms with Crippen LogP contribution in [0.1, 0.15) is 24.7 Å². The maximum absolute atomic E-state index is 12.5. The Kier molecular flexibility index (Phi) is 4.88. The molecule has 1 aliphatic heterocycles. The molecule has 0 amide bonds. The van der Waals surface area contributed by atoms with Crippen LogP contribution in [-0.2, 0) is 17.9 Å². The minimum Gasteiger partial charge on any atom is -0.372 e. The lowest BCUT2D eigenvalue weighted by Gasteiger charge is -2.18. The summed E-state index contributed by atoms with van der Waals surface area (Å²) in [6, 6.07) is 5.49. The van der Waals surface area contributed by atoms with Crippen molar-refractivity contribution in [2.45, 2.75) is 26.5 Å². The first-order valence-corrected chi connectivity index (χ1v) is 7.99. The molecule has 2 aromatic rings. The van der Waals surface area contributed by atoms with Gasteiger partial charge in [0.05, 0.1) is 24.1 Å². The first kappa shape index (κ1) is 16.2. The molecule has 3 rings (SSSR count). The van der Waals surface area contributed by atoms with Gasteiger partial charge in [0.2, 0.25) is 0 Å². The maximum atomic E-state index is 12.5. The minimum absolute atomic E-state index is 0.0144. The van der Waals surface area contributed by atoms with E-state index in [0.29, 0.717) is 36.5 Å². The zero-order valence-electron chi connectivity index (χ0n) is 13.9. The van der Waals surface area contributed by atoms with Crippen LogP contribution in [0.3, 0.4) is 0 Å². The fourth-order valence-corrected chi connectivity index (χ4v) is 2.54. The Labute approximate surface area is 140 Å². The zero-order chi connectivity index (χ0) is 16.9. The predicted octanol–water partition coefficient (Wildman–Crippen LogP) is 2.32. The average molecular weight is 321 g/mol. The largest absolute Gasteiger partial charge is 0.372 e. The van der Waals surface area contributed by atoms with Crippen molar-refractivity contribution in [1.82, 2.24) is 9.55 Å². The van der Waals surface area contributed by atoms with Gasteiger partial charge in [-0.25, -0.2) is 4.98 Å². The standard InChI is InChI=1S/C19H19N3O2/c1-3-4-5-15(20-2)8-6-14-7-9-16-17(12-14)21-18-13-24-11-10-22(18)19(16)23/h4-5,7,9,12H,3,10-11,13H2,1-2H3/b5-4-,20-15?. The summed E-state index contributed by atoms with van der Waals surface area (Å²) in [7, 11) is 1.72. The van der Waals surface area contributed by atoms with Crippen LogP contribution in [0.2, 0.25) is 0 Å². The highest BCUT2D eigenvalue weighted by Gasteiger charge is 2.14. The molecular weight excluding hydrogens is 302 g/mol. The molecule has 24 heavy (non-hydrogen) atoms. The van der Waals surface area contributed by atoms with Crippen LogP contribution in [0.25, 0.3) is 10.9 Å². The summed E-state index contributed by atoms with van der Waals surface area (Å²) < 4.78 is 7.08. The van der Waals surface area contributed by atoms with Crippen molar-refractivity contribution in [2.24, 2.45) is 4.99 Å². The second kappa shape index (κ2) is 7.24. The summed E-state index contributed by atoms with van der Waals surface area (Å²) in [6.07, 6.45) is 4.87. The lowest BCUT2D eigenvalue weighted by molar-refractivity contribution is 0.0788. The van der Waals surface area contributed by atoms with E-state index in [4.69, 9.17) is 4.74 Å². The second-order valence-corrected chi connectivity index (χ2v) is 5.44. The highest BCUT2D eigenvalue weighted by atomic mass is 16.5. The topological polar surface area (TPSA) is 56.5 Å². The Morgan fingerprint density at radius 2 is 2.38 bits per heavy atom. The summed E-state index contributed by atoms with van der Waals surface area (Å²) in [5.74, 6) is 6.80. The SMILES string of the molecule is CC/C=C\C(C#Cc1ccc2c(=O)n3c(nc2c1)COCC3)=NC. The second-order valence-electron chi connectivity index (χ2n) is 5.44. The third kappa shape index (κ3) is 3.29. The molecule has 0 atom stereocenters. The van der Waals surface area contributed by atoms with Gasteiger partial charge in [-0.1, -0.05) is 18.9 Å². The Balaban J connectivity index is 2.01. The van der Waals surface area contributed by atoms with Gasteiger partial charge in [-0.05, 0) is 36.6 Å². The van der Waals surface area contributed by atoms with Crippen molar-refractivity contribution < 1.29 is 4.74 Å². The summed E-state index contributed by atoms with van der Waals surface area (Å²) in [4.78, 5) is 21.2. The van der Waals surface area contributed by atoms with E-state index in [1.165, 1.54) is 0 Å². The molecule has 0 radical (unpaired) electrons.